The molecule has 0 saturated heterocycles. The number of rotatable bonds is 7. The topological polar surface area (TPSA) is 69.6 Å². The lowest BCUT2D eigenvalue weighted by Crippen LogP contribution is -2.37. The summed E-state index contributed by atoms with van der Waals surface area (Å²) >= 11 is 1.77. The minimum absolute atomic E-state index is 0.0483. The number of carboxylic acid groups (broad SMARTS) is 1. The van der Waals surface area contributed by atoms with Crippen LogP contribution in [-0.2, 0) is 17.1 Å². The summed E-state index contributed by atoms with van der Waals surface area (Å²) in [6.45, 7) is 0.642. The van der Waals surface area contributed by atoms with Crippen LogP contribution in [-0.4, -0.2) is 41.9 Å². The van der Waals surface area contributed by atoms with Gasteiger partial charge in [0.2, 0.25) is 0 Å². The molecule has 0 spiro atoms. The number of hydrogen-bond acceptors (Lipinski definition) is 3. The highest BCUT2D eigenvalue weighted by molar-refractivity contribution is 7.97. The lowest BCUT2D eigenvalue weighted by Gasteiger charge is -2.17. The Balaban J connectivity index is 2.38. The predicted molar refractivity (Wildman–Crippen MR) is 80.8 cm³/mol. The lowest BCUT2D eigenvalue weighted by molar-refractivity contribution is -0.137. The summed E-state index contributed by atoms with van der Waals surface area (Å²) in [6.07, 6.45) is 2.01. The Morgan fingerprint density at radius 1 is 1.25 bits per heavy atom. The average Bonchev–Trinajstić information content (AvgIpc) is 2.44. The van der Waals surface area contributed by atoms with Gasteiger partial charge in [-0.1, -0.05) is 24.3 Å². The molecule has 6 heteroatoms. The summed E-state index contributed by atoms with van der Waals surface area (Å²) in [5.41, 5.74) is 2.28. The standard InChI is InChI=1S/C14H20N2O3S/c1-16(8-7-13(17)18)14(19)15-9-11-3-5-12(6-4-11)10-20-2/h3-6H,7-10H2,1-2H3,(H,15,19)(H,17,18). The number of aliphatic carboxylic acids is 1. The van der Waals surface area contributed by atoms with Crippen molar-refractivity contribution in [2.45, 2.75) is 18.7 Å². The first-order valence-electron chi connectivity index (χ1n) is 6.30. The summed E-state index contributed by atoms with van der Waals surface area (Å²) < 4.78 is 0. The molecular weight excluding hydrogens is 276 g/mol. The number of benzene rings is 1. The zero-order valence-corrected chi connectivity index (χ0v) is 12.6. The van der Waals surface area contributed by atoms with Crippen molar-refractivity contribution in [3.63, 3.8) is 0 Å². The summed E-state index contributed by atoms with van der Waals surface area (Å²) in [5.74, 6) is 0.0684. The number of carboxylic acids is 1. The SMILES string of the molecule is CSCc1ccc(CNC(=O)N(C)CCC(=O)O)cc1. The van der Waals surface area contributed by atoms with Gasteiger partial charge < -0.3 is 15.3 Å². The van der Waals surface area contributed by atoms with Crippen LogP contribution in [0.4, 0.5) is 4.79 Å². The van der Waals surface area contributed by atoms with E-state index in [1.54, 1.807) is 18.8 Å². The third-order valence-corrected chi connectivity index (χ3v) is 3.41. The van der Waals surface area contributed by atoms with Crippen LogP contribution >= 0.6 is 11.8 Å². The van der Waals surface area contributed by atoms with Crippen molar-refractivity contribution in [1.29, 1.82) is 0 Å². The Morgan fingerprint density at radius 3 is 2.40 bits per heavy atom. The van der Waals surface area contributed by atoms with Crippen LogP contribution in [0.1, 0.15) is 17.5 Å². The van der Waals surface area contributed by atoms with Crippen LogP contribution in [0.2, 0.25) is 0 Å². The maximum absolute atomic E-state index is 11.7. The van der Waals surface area contributed by atoms with Gasteiger partial charge >= 0.3 is 12.0 Å². The van der Waals surface area contributed by atoms with Crippen LogP contribution in [0.5, 0.6) is 0 Å². The molecule has 1 rings (SSSR count). The molecule has 1 aromatic carbocycles. The molecular formula is C14H20N2O3S. The Morgan fingerprint density at radius 2 is 1.85 bits per heavy atom. The van der Waals surface area contributed by atoms with Gasteiger partial charge in [-0.25, -0.2) is 4.79 Å². The summed E-state index contributed by atoms with van der Waals surface area (Å²) in [7, 11) is 1.58. The first-order valence-corrected chi connectivity index (χ1v) is 7.70. The highest BCUT2D eigenvalue weighted by Gasteiger charge is 2.09. The molecule has 0 saturated carbocycles. The van der Waals surface area contributed by atoms with Crippen LogP contribution in [0.25, 0.3) is 0 Å². The first-order chi connectivity index (χ1) is 9.52. The van der Waals surface area contributed by atoms with Gasteiger partial charge in [0.05, 0.1) is 6.42 Å². The Kier molecular flexibility index (Phi) is 6.93. The van der Waals surface area contributed by atoms with E-state index in [0.717, 1.165) is 11.3 Å². The maximum atomic E-state index is 11.7. The highest BCUT2D eigenvalue weighted by Crippen LogP contribution is 2.10. The van der Waals surface area contributed by atoms with E-state index in [4.69, 9.17) is 5.11 Å². The molecule has 2 N–H and O–H groups in total. The number of urea groups is 1. The number of nitrogens with zero attached hydrogens (tertiary/aromatic N) is 1. The predicted octanol–water partition coefficient (Wildman–Crippen LogP) is 2.17. The molecule has 110 valence electrons. The summed E-state index contributed by atoms with van der Waals surface area (Å²) in [6, 6.07) is 7.81. The van der Waals surface area contributed by atoms with Gasteiger partial charge in [-0.05, 0) is 17.4 Å². The summed E-state index contributed by atoms with van der Waals surface area (Å²) in [4.78, 5) is 23.5. The van der Waals surface area contributed by atoms with Gasteiger partial charge in [0.1, 0.15) is 0 Å². The normalized spacial score (nSPS) is 10.1. The number of carbonyl (C=O) groups excluding carboxylic acids is 1. The number of carbonyl (C=O) groups is 2. The van der Waals surface area contributed by atoms with Gasteiger partial charge in [0.25, 0.3) is 0 Å². The second-order valence-electron chi connectivity index (χ2n) is 4.47. The Bertz CT molecular complexity index is 448. The molecule has 5 nitrogen and oxygen atoms in total. The van der Waals surface area contributed by atoms with E-state index in [9.17, 15) is 9.59 Å². The molecule has 20 heavy (non-hydrogen) atoms. The smallest absolute Gasteiger partial charge is 0.317 e. The average molecular weight is 296 g/mol. The van der Waals surface area contributed by atoms with E-state index in [1.807, 2.05) is 24.3 Å². The van der Waals surface area contributed by atoms with E-state index in [0.29, 0.717) is 6.54 Å². The second-order valence-corrected chi connectivity index (χ2v) is 5.34. The number of nitrogens with one attached hydrogen (secondary N) is 1. The van der Waals surface area contributed by atoms with Crippen molar-refractivity contribution in [3.8, 4) is 0 Å². The molecule has 2 amide bonds. The Labute approximate surface area is 123 Å². The molecule has 0 bridgehead atoms. The van der Waals surface area contributed by atoms with E-state index in [2.05, 4.69) is 11.6 Å². The van der Waals surface area contributed by atoms with E-state index < -0.39 is 5.97 Å². The van der Waals surface area contributed by atoms with Gasteiger partial charge in [-0.2, -0.15) is 11.8 Å². The van der Waals surface area contributed by atoms with Gasteiger partial charge in [-0.15, -0.1) is 0 Å². The van der Waals surface area contributed by atoms with E-state index in [1.165, 1.54) is 10.5 Å². The van der Waals surface area contributed by atoms with Gasteiger partial charge in [-0.3, -0.25) is 4.79 Å². The lowest BCUT2D eigenvalue weighted by atomic mass is 10.1. The van der Waals surface area contributed by atoms with Crippen molar-refractivity contribution in [3.05, 3.63) is 35.4 Å². The molecule has 0 fully saturated rings. The van der Waals surface area contributed by atoms with Gasteiger partial charge in [0, 0.05) is 25.9 Å². The second kappa shape index (κ2) is 8.47. The molecule has 0 heterocycles. The van der Waals surface area contributed by atoms with Crippen molar-refractivity contribution < 1.29 is 14.7 Å². The third kappa shape index (κ3) is 5.97. The van der Waals surface area contributed by atoms with E-state index >= 15 is 0 Å². The molecule has 0 aliphatic carbocycles. The fourth-order valence-corrected chi connectivity index (χ4v) is 2.12. The minimum atomic E-state index is -0.908. The molecule has 0 atom stereocenters. The monoisotopic (exact) mass is 296 g/mol. The zero-order valence-electron chi connectivity index (χ0n) is 11.8. The minimum Gasteiger partial charge on any atom is -0.481 e. The maximum Gasteiger partial charge on any atom is 0.317 e. The van der Waals surface area contributed by atoms with Crippen molar-refractivity contribution in [2.24, 2.45) is 0 Å². The van der Waals surface area contributed by atoms with Crippen molar-refractivity contribution in [2.75, 3.05) is 19.8 Å². The van der Waals surface area contributed by atoms with Gasteiger partial charge in [0.15, 0.2) is 0 Å². The fourth-order valence-electron chi connectivity index (χ4n) is 1.60. The number of thioether (sulfide) groups is 1. The molecule has 0 radical (unpaired) electrons. The summed E-state index contributed by atoms with van der Waals surface area (Å²) in [5, 5.41) is 11.3. The quantitative estimate of drug-likeness (QED) is 0.809. The van der Waals surface area contributed by atoms with Crippen LogP contribution in [0.3, 0.4) is 0 Å². The van der Waals surface area contributed by atoms with Crippen molar-refractivity contribution >= 4 is 23.8 Å². The van der Waals surface area contributed by atoms with E-state index in [-0.39, 0.29) is 19.0 Å². The zero-order chi connectivity index (χ0) is 15.0. The molecule has 0 aliphatic heterocycles. The largest absolute Gasteiger partial charge is 0.481 e. The fraction of sp³-hybridized carbons (Fsp3) is 0.429. The molecule has 0 aromatic heterocycles. The van der Waals surface area contributed by atoms with Crippen LogP contribution in [0.15, 0.2) is 24.3 Å². The number of amides is 2. The van der Waals surface area contributed by atoms with Crippen LogP contribution < -0.4 is 5.32 Å². The molecule has 0 aliphatic rings. The first kappa shape index (κ1) is 16.4. The number of hydrogen-bond donors (Lipinski definition) is 2. The van der Waals surface area contributed by atoms with Crippen LogP contribution in [0, 0.1) is 0 Å². The molecule has 0 unspecified atom stereocenters. The Hall–Kier alpha value is -1.69. The third-order valence-electron chi connectivity index (χ3n) is 2.79. The molecule has 1 aromatic rings. The van der Waals surface area contributed by atoms with Crippen molar-refractivity contribution in [1.82, 2.24) is 10.2 Å². The highest BCUT2D eigenvalue weighted by atomic mass is 32.2.